The first-order valence-corrected chi connectivity index (χ1v) is 15.3. The van der Waals surface area contributed by atoms with Crippen molar-refractivity contribution in [3.63, 3.8) is 0 Å². The Hall–Kier alpha value is -2.80. The van der Waals surface area contributed by atoms with E-state index in [4.69, 9.17) is 11.8 Å². The number of hydrogen-bond acceptors (Lipinski definition) is 6. The lowest BCUT2D eigenvalue weighted by molar-refractivity contribution is 0.576. The molecule has 0 saturated heterocycles. The highest BCUT2D eigenvalue weighted by molar-refractivity contribution is 8.25. The molecule has 0 aliphatic heterocycles. The van der Waals surface area contributed by atoms with Crippen LogP contribution in [0.4, 0.5) is 5.82 Å². The average molecular weight is 511 g/mol. The maximum Gasteiger partial charge on any atom is 0.286 e. The van der Waals surface area contributed by atoms with E-state index in [1.807, 2.05) is 86.3 Å². The van der Waals surface area contributed by atoms with Gasteiger partial charge in [-0.2, -0.15) is 8.42 Å². The molecular weight excluding hydrogens is 483 g/mol. The van der Waals surface area contributed by atoms with Gasteiger partial charge in [0.25, 0.3) is 10.0 Å². The molecule has 0 atom stereocenters. The van der Waals surface area contributed by atoms with Gasteiger partial charge in [0.1, 0.15) is 5.44 Å². The third-order valence-corrected chi connectivity index (χ3v) is 12.0. The first-order valence-electron chi connectivity index (χ1n) is 11.1. The van der Waals surface area contributed by atoms with Crippen molar-refractivity contribution in [2.75, 3.05) is 18.0 Å². The molecule has 0 N–H and O–H groups in total. The number of anilines is 1. The topological polar surface area (TPSA) is 68.1 Å². The molecule has 6 nitrogen and oxygen atoms in total. The van der Waals surface area contributed by atoms with Crippen molar-refractivity contribution in [3.05, 3.63) is 90.5 Å². The van der Waals surface area contributed by atoms with Crippen LogP contribution in [0.3, 0.4) is 0 Å². The summed E-state index contributed by atoms with van der Waals surface area (Å²) in [5.74, 6) is 0.432. The predicted molar refractivity (Wildman–Crippen MR) is 143 cm³/mol. The molecule has 34 heavy (non-hydrogen) atoms. The molecule has 4 aromatic rings. The van der Waals surface area contributed by atoms with Crippen LogP contribution in [0, 0.1) is 6.92 Å². The van der Waals surface area contributed by atoms with Gasteiger partial charge in [0.05, 0.1) is 10.9 Å². The van der Waals surface area contributed by atoms with E-state index in [0.29, 0.717) is 24.3 Å². The van der Waals surface area contributed by atoms with Gasteiger partial charge in [-0.05, 0) is 48.7 Å². The van der Waals surface area contributed by atoms with E-state index in [0.717, 1.165) is 20.3 Å². The lowest BCUT2D eigenvalue weighted by Crippen LogP contribution is -2.35. The normalized spacial score (nSPS) is 12.0. The van der Waals surface area contributed by atoms with Crippen molar-refractivity contribution >= 4 is 49.7 Å². The van der Waals surface area contributed by atoms with Crippen LogP contribution in [-0.2, 0) is 21.8 Å². The molecule has 3 aromatic carbocycles. The zero-order valence-electron chi connectivity index (χ0n) is 19.4. The SMILES string of the molecule is CCN(CC)c1c(P(=S)(c2ccccc2)c2ccccc2)nnn1S(=O)(=O)c1ccc(C)cc1. The zero-order valence-corrected chi connectivity index (χ0v) is 21.9. The quantitative estimate of drug-likeness (QED) is 0.339. The molecule has 1 heterocycles. The van der Waals surface area contributed by atoms with E-state index in [1.165, 1.54) is 0 Å². The van der Waals surface area contributed by atoms with Gasteiger partial charge in [0, 0.05) is 13.1 Å². The van der Waals surface area contributed by atoms with Gasteiger partial charge in [-0.1, -0.05) is 90.2 Å². The summed E-state index contributed by atoms with van der Waals surface area (Å²) in [4.78, 5) is 2.13. The Labute approximate surface area is 206 Å². The summed E-state index contributed by atoms with van der Waals surface area (Å²) in [5, 5.41) is 10.6. The molecule has 4 rings (SSSR count). The van der Waals surface area contributed by atoms with Crippen LogP contribution in [0.15, 0.2) is 89.8 Å². The van der Waals surface area contributed by atoms with E-state index < -0.39 is 16.1 Å². The molecule has 0 saturated carbocycles. The number of nitrogens with zero attached hydrogens (tertiary/aromatic N) is 4. The molecule has 0 amide bonds. The standard InChI is InChI=1S/C25H27N4O2PS2/c1-4-28(5-2)25-24(26-27-29(25)34(30,31)23-18-16-20(3)17-19-23)32(33,21-12-8-6-9-13-21)22-14-10-7-11-15-22/h6-19H,4-5H2,1-3H3. The van der Waals surface area contributed by atoms with Gasteiger partial charge in [-0.25, -0.2) is 0 Å². The van der Waals surface area contributed by atoms with Crippen LogP contribution in [-0.4, -0.2) is 35.9 Å². The average Bonchev–Trinajstić information content (AvgIpc) is 3.32. The lowest BCUT2D eigenvalue weighted by Gasteiger charge is -2.27. The number of aryl methyl sites for hydroxylation is 1. The molecule has 0 spiro atoms. The second-order valence-electron chi connectivity index (χ2n) is 7.85. The van der Waals surface area contributed by atoms with Crippen molar-refractivity contribution in [1.82, 2.24) is 14.4 Å². The fourth-order valence-corrected chi connectivity index (χ4v) is 8.94. The molecule has 0 bridgehead atoms. The van der Waals surface area contributed by atoms with Crippen molar-refractivity contribution < 1.29 is 8.42 Å². The van der Waals surface area contributed by atoms with E-state index in [-0.39, 0.29) is 4.90 Å². The van der Waals surface area contributed by atoms with Gasteiger partial charge in [0.2, 0.25) is 0 Å². The van der Waals surface area contributed by atoms with Crippen molar-refractivity contribution in [1.29, 1.82) is 0 Å². The highest BCUT2D eigenvalue weighted by Gasteiger charge is 2.36. The summed E-state index contributed by atoms with van der Waals surface area (Å²) in [6.07, 6.45) is 0. The fourth-order valence-electron chi connectivity index (χ4n) is 3.89. The van der Waals surface area contributed by atoms with Crippen molar-refractivity contribution in [2.45, 2.75) is 25.7 Å². The largest absolute Gasteiger partial charge is 0.354 e. The van der Waals surface area contributed by atoms with Gasteiger partial charge in [-0.15, -0.1) is 9.19 Å². The van der Waals surface area contributed by atoms with Gasteiger partial charge < -0.3 is 4.90 Å². The summed E-state index contributed by atoms with van der Waals surface area (Å²) >= 11 is 6.45. The maximum atomic E-state index is 13.7. The highest BCUT2D eigenvalue weighted by atomic mass is 32.4. The van der Waals surface area contributed by atoms with Crippen LogP contribution in [0.2, 0.25) is 0 Å². The zero-order chi connectivity index (χ0) is 24.3. The minimum Gasteiger partial charge on any atom is -0.354 e. The summed E-state index contributed by atoms with van der Waals surface area (Å²) in [5.41, 5.74) is 1.50. The summed E-state index contributed by atoms with van der Waals surface area (Å²) in [6.45, 7) is 7.05. The molecule has 0 aliphatic rings. The summed E-state index contributed by atoms with van der Waals surface area (Å²) in [7, 11) is -3.98. The van der Waals surface area contributed by atoms with Gasteiger partial charge >= 0.3 is 0 Å². The van der Waals surface area contributed by atoms with Gasteiger partial charge in [-0.3, -0.25) is 0 Å². The molecule has 9 heteroatoms. The minimum absolute atomic E-state index is 0.163. The van der Waals surface area contributed by atoms with Crippen LogP contribution in [0.25, 0.3) is 0 Å². The predicted octanol–water partition coefficient (Wildman–Crippen LogP) is 3.43. The summed E-state index contributed by atoms with van der Waals surface area (Å²) in [6, 6.07) is 23.7. The first-order chi connectivity index (χ1) is 16.3. The molecule has 1 aromatic heterocycles. The Kier molecular flexibility index (Phi) is 7.03. The molecule has 176 valence electrons. The van der Waals surface area contributed by atoms with E-state index in [1.54, 1.807) is 24.3 Å². The molecule has 0 aliphatic carbocycles. The molecule has 0 unspecified atom stereocenters. The molecular formula is C25H27N4O2PS2. The first kappa shape index (κ1) is 24.3. The summed E-state index contributed by atoms with van der Waals surface area (Å²) < 4.78 is 28.5. The smallest absolute Gasteiger partial charge is 0.286 e. The van der Waals surface area contributed by atoms with Crippen LogP contribution < -0.4 is 20.9 Å². The second kappa shape index (κ2) is 9.82. The Bertz CT molecular complexity index is 1370. The minimum atomic E-state index is -3.98. The Balaban J connectivity index is 2.04. The van der Waals surface area contributed by atoms with Gasteiger partial charge in [0.15, 0.2) is 5.82 Å². The van der Waals surface area contributed by atoms with Crippen molar-refractivity contribution in [3.8, 4) is 0 Å². The monoisotopic (exact) mass is 510 g/mol. The molecule has 0 fully saturated rings. The molecule has 0 radical (unpaired) electrons. The highest BCUT2D eigenvalue weighted by Crippen LogP contribution is 2.45. The lowest BCUT2D eigenvalue weighted by atomic mass is 10.2. The second-order valence-corrected chi connectivity index (χ2v) is 13.9. The fraction of sp³-hybridized carbons (Fsp3) is 0.200. The maximum absolute atomic E-state index is 13.7. The Morgan fingerprint density at radius 1 is 0.853 bits per heavy atom. The number of rotatable bonds is 8. The third-order valence-electron chi connectivity index (χ3n) is 5.75. The number of aromatic nitrogens is 3. The van der Waals surface area contributed by atoms with E-state index in [2.05, 4.69) is 10.3 Å². The van der Waals surface area contributed by atoms with E-state index in [9.17, 15) is 8.42 Å². The third kappa shape index (κ3) is 4.22. The van der Waals surface area contributed by atoms with Crippen LogP contribution in [0.1, 0.15) is 19.4 Å². The van der Waals surface area contributed by atoms with Crippen molar-refractivity contribution in [2.24, 2.45) is 0 Å². The number of benzene rings is 3. The Morgan fingerprint density at radius 2 is 1.35 bits per heavy atom. The number of hydrogen-bond donors (Lipinski definition) is 0. The van der Waals surface area contributed by atoms with E-state index >= 15 is 0 Å². The van der Waals surface area contributed by atoms with Crippen LogP contribution in [0.5, 0.6) is 0 Å². The van der Waals surface area contributed by atoms with Crippen LogP contribution >= 0.6 is 6.04 Å². The Morgan fingerprint density at radius 3 is 1.82 bits per heavy atom.